The zero-order chi connectivity index (χ0) is 12.8. The Morgan fingerprint density at radius 1 is 1.11 bits per heavy atom. The maximum absolute atomic E-state index is 5.89. The summed E-state index contributed by atoms with van der Waals surface area (Å²) in [5.41, 5.74) is 3.19. The van der Waals surface area contributed by atoms with Crippen molar-refractivity contribution in [1.29, 1.82) is 0 Å². The lowest BCUT2D eigenvalue weighted by Crippen LogP contribution is -2.28. The summed E-state index contributed by atoms with van der Waals surface area (Å²) >= 11 is 0. The molecular formula is C15H14BN3. The Balaban J connectivity index is 1.80. The number of rotatable bonds is 2. The average Bonchev–Trinajstić information content (AvgIpc) is 3.20. The molecule has 1 saturated carbocycles. The molecule has 3 aliphatic rings. The minimum Gasteiger partial charge on any atom is -0.298 e. The molecular weight excluding hydrogens is 233 g/mol. The lowest BCUT2D eigenvalue weighted by molar-refractivity contribution is 0.586. The van der Waals surface area contributed by atoms with Crippen molar-refractivity contribution in [1.82, 2.24) is 14.8 Å². The molecule has 3 aliphatic carbocycles. The molecule has 1 aromatic heterocycles. The molecule has 0 aromatic carbocycles. The average molecular weight is 247 g/mol. The number of aromatic nitrogens is 3. The van der Waals surface area contributed by atoms with Crippen LogP contribution in [0.4, 0.5) is 0 Å². The molecule has 3 nitrogen and oxygen atoms in total. The minimum atomic E-state index is 0.351. The Kier molecular flexibility index (Phi) is 2.37. The van der Waals surface area contributed by atoms with E-state index < -0.39 is 0 Å². The molecule has 1 fully saturated rings. The molecule has 1 aromatic rings. The first-order valence-corrected chi connectivity index (χ1v) is 6.77. The van der Waals surface area contributed by atoms with Crippen LogP contribution in [0.25, 0.3) is 5.70 Å². The lowest BCUT2D eigenvalue weighted by Gasteiger charge is -2.32. The third-order valence-corrected chi connectivity index (χ3v) is 4.21. The quantitative estimate of drug-likeness (QED) is 0.743. The molecule has 0 saturated heterocycles. The van der Waals surface area contributed by atoms with Gasteiger partial charge in [0.1, 0.15) is 6.33 Å². The van der Waals surface area contributed by atoms with E-state index in [0.717, 1.165) is 11.6 Å². The smallest absolute Gasteiger partial charge is 0.170 e. The molecule has 19 heavy (non-hydrogen) atoms. The summed E-state index contributed by atoms with van der Waals surface area (Å²) in [5, 5.41) is 7.77. The van der Waals surface area contributed by atoms with Crippen LogP contribution in [0.1, 0.15) is 12.8 Å². The Morgan fingerprint density at radius 3 is 2.58 bits per heavy atom. The first kappa shape index (κ1) is 11.0. The van der Waals surface area contributed by atoms with Crippen molar-refractivity contribution < 1.29 is 0 Å². The number of allylic oxidation sites excluding steroid dienone is 8. The highest BCUT2D eigenvalue weighted by atomic mass is 15.3. The second-order valence-corrected chi connectivity index (χ2v) is 5.41. The summed E-state index contributed by atoms with van der Waals surface area (Å²) < 4.78 is 1.89. The van der Waals surface area contributed by atoms with Crippen LogP contribution in [0.15, 0.2) is 48.4 Å². The Bertz CT molecular complexity index is 632. The van der Waals surface area contributed by atoms with E-state index in [1.807, 2.05) is 4.57 Å². The van der Waals surface area contributed by atoms with Crippen LogP contribution in [-0.2, 0) is 0 Å². The van der Waals surface area contributed by atoms with Gasteiger partial charge in [-0.2, -0.15) is 0 Å². The highest BCUT2D eigenvalue weighted by Crippen LogP contribution is 2.47. The van der Waals surface area contributed by atoms with Crippen molar-refractivity contribution in [3.63, 3.8) is 0 Å². The molecule has 1 heterocycles. The van der Waals surface area contributed by atoms with Gasteiger partial charge >= 0.3 is 0 Å². The first-order valence-electron chi connectivity index (χ1n) is 6.77. The van der Waals surface area contributed by atoms with Gasteiger partial charge in [-0.1, -0.05) is 36.0 Å². The van der Waals surface area contributed by atoms with E-state index >= 15 is 0 Å². The predicted octanol–water partition coefficient (Wildman–Crippen LogP) is 1.62. The molecule has 0 spiro atoms. The second kappa shape index (κ2) is 4.09. The van der Waals surface area contributed by atoms with Gasteiger partial charge in [-0.15, -0.1) is 10.2 Å². The summed E-state index contributed by atoms with van der Waals surface area (Å²) in [4.78, 5) is 0. The molecule has 2 atom stereocenters. The largest absolute Gasteiger partial charge is 0.298 e. The second-order valence-electron chi connectivity index (χ2n) is 5.41. The Hall–Kier alpha value is -1.84. The number of nitrogens with zero attached hydrogens (tertiary/aromatic N) is 3. The molecule has 92 valence electrons. The minimum absolute atomic E-state index is 0.351. The third kappa shape index (κ3) is 1.74. The van der Waals surface area contributed by atoms with Crippen LogP contribution < -0.4 is 5.72 Å². The van der Waals surface area contributed by atoms with Crippen LogP contribution in [0.2, 0.25) is 0 Å². The van der Waals surface area contributed by atoms with E-state index in [1.165, 1.54) is 12.8 Å². The predicted molar refractivity (Wildman–Crippen MR) is 75.8 cm³/mol. The zero-order valence-corrected chi connectivity index (χ0v) is 10.6. The van der Waals surface area contributed by atoms with Gasteiger partial charge in [-0.05, 0) is 24.8 Å². The van der Waals surface area contributed by atoms with Crippen molar-refractivity contribution in [3.05, 3.63) is 48.4 Å². The number of hydrogen-bond acceptors (Lipinski definition) is 2. The van der Waals surface area contributed by atoms with Gasteiger partial charge in [0.2, 0.25) is 0 Å². The van der Waals surface area contributed by atoms with Gasteiger partial charge in [-0.25, -0.2) is 0 Å². The zero-order valence-electron chi connectivity index (χ0n) is 10.6. The number of hydrogen-bond donors (Lipinski definition) is 0. The molecule has 4 rings (SSSR count). The normalized spacial score (nSPS) is 28.8. The Labute approximate surface area is 113 Å². The van der Waals surface area contributed by atoms with E-state index in [0.29, 0.717) is 17.6 Å². The van der Waals surface area contributed by atoms with E-state index in [1.54, 1.807) is 11.9 Å². The van der Waals surface area contributed by atoms with Crippen molar-refractivity contribution in [2.24, 2.45) is 17.8 Å². The van der Waals surface area contributed by atoms with Crippen molar-refractivity contribution in [2.45, 2.75) is 12.8 Å². The lowest BCUT2D eigenvalue weighted by atomic mass is 9.75. The van der Waals surface area contributed by atoms with Gasteiger partial charge in [0.25, 0.3) is 0 Å². The van der Waals surface area contributed by atoms with Crippen molar-refractivity contribution in [3.8, 4) is 0 Å². The summed E-state index contributed by atoms with van der Waals surface area (Å²) in [6, 6.07) is 0. The topological polar surface area (TPSA) is 30.7 Å². The molecule has 2 radical (unpaired) electrons. The molecule has 0 amide bonds. The van der Waals surface area contributed by atoms with Crippen LogP contribution in [0, 0.1) is 17.8 Å². The fourth-order valence-electron chi connectivity index (χ4n) is 3.12. The molecule has 0 N–H and O–H groups in total. The van der Waals surface area contributed by atoms with E-state index in [9.17, 15) is 0 Å². The maximum Gasteiger partial charge on any atom is 0.170 e. The summed E-state index contributed by atoms with van der Waals surface area (Å²) in [6.07, 6.45) is 17.7. The standard InChI is InChI=1S/C15H14BN3/c16-15-18-17-9-19(15)14-8-7-11(10-5-6-10)12-3-1-2-4-13(12)14/h1-4,7-10,12-13H,5-6H2/t12-,13?/m1/s1. The van der Waals surface area contributed by atoms with Gasteiger partial charge in [0.05, 0.1) is 5.72 Å². The van der Waals surface area contributed by atoms with Crippen LogP contribution in [0.5, 0.6) is 0 Å². The highest BCUT2D eigenvalue weighted by molar-refractivity contribution is 6.29. The van der Waals surface area contributed by atoms with Gasteiger partial charge < -0.3 is 0 Å². The van der Waals surface area contributed by atoms with Crippen LogP contribution >= 0.6 is 0 Å². The van der Waals surface area contributed by atoms with Crippen molar-refractivity contribution in [2.75, 3.05) is 0 Å². The van der Waals surface area contributed by atoms with E-state index in [4.69, 9.17) is 7.85 Å². The monoisotopic (exact) mass is 247 g/mol. The summed E-state index contributed by atoms with van der Waals surface area (Å²) in [5.74, 6) is 1.61. The summed E-state index contributed by atoms with van der Waals surface area (Å²) in [6.45, 7) is 0. The Morgan fingerprint density at radius 2 is 1.89 bits per heavy atom. The van der Waals surface area contributed by atoms with Gasteiger partial charge in [-0.3, -0.25) is 4.57 Å². The van der Waals surface area contributed by atoms with Gasteiger partial charge in [0.15, 0.2) is 7.85 Å². The van der Waals surface area contributed by atoms with Crippen LogP contribution in [-0.4, -0.2) is 22.6 Å². The van der Waals surface area contributed by atoms with Crippen LogP contribution in [0.3, 0.4) is 0 Å². The van der Waals surface area contributed by atoms with Crippen molar-refractivity contribution >= 4 is 19.3 Å². The highest BCUT2D eigenvalue weighted by Gasteiger charge is 2.36. The maximum atomic E-state index is 5.89. The molecule has 0 aliphatic heterocycles. The molecule has 0 bridgehead atoms. The fourth-order valence-corrected chi connectivity index (χ4v) is 3.12. The first-order chi connectivity index (χ1) is 9.34. The molecule has 4 heteroatoms. The van der Waals surface area contributed by atoms with E-state index in [2.05, 4.69) is 46.7 Å². The van der Waals surface area contributed by atoms with E-state index in [-0.39, 0.29) is 0 Å². The number of fused-ring (bicyclic) bond motifs is 1. The fraction of sp³-hybridized carbons (Fsp3) is 0.333. The SMILES string of the molecule is [B]c1nncn1C1=CC=C(C2CC2)[C@H]2C=CC=CC12. The third-order valence-electron chi connectivity index (χ3n) is 4.21. The molecule has 1 unspecified atom stereocenters. The summed E-state index contributed by atoms with van der Waals surface area (Å²) in [7, 11) is 5.89. The van der Waals surface area contributed by atoms with Gasteiger partial charge in [0, 0.05) is 17.5 Å².